The number of carbonyl (C=O) groups is 1. The van der Waals surface area contributed by atoms with Crippen LogP contribution in [0.25, 0.3) is 0 Å². The van der Waals surface area contributed by atoms with Crippen LogP contribution in [0.3, 0.4) is 0 Å². The van der Waals surface area contributed by atoms with Crippen molar-refractivity contribution in [2.24, 2.45) is 0 Å². The van der Waals surface area contributed by atoms with Crippen molar-refractivity contribution in [1.29, 1.82) is 0 Å². The number of likely N-dealkylation sites (tertiary alicyclic amines) is 1. The third-order valence-electron chi connectivity index (χ3n) is 7.65. The van der Waals surface area contributed by atoms with Gasteiger partial charge in [-0.15, -0.1) is 0 Å². The zero-order valence-electron chi connectivity index (χ0n) is 22.2. The fourth-order valence-electron chi connectivity index (χ4n) is 5.50. The van der Waals surface area contributed by atoms with Crippen LogP contribution in [-0.2, 0) is 12.7 Å². The van der Waals surface area contributed by atoms with Gasteiger partial charge in [0.1, 0.15) is 5.82 Å². The number of anilines is 1. The first-order valence-electron chi connectivity index (χ1n) is 13.1. The standard InChI is InChI=1S/C28H28Cl2F4N6O/c1-37(15-18-3-5-21(24(31)13-18)28(32,33)34)25-17-40(16-20(25)19-4-6-22(29)23(30)14-19)27(41)39-11-9-38(10-12-39)26-35-7-2-8-36-26/h2-8,13-14,20,25H,9-12,15-17H2,1H3. The van der Waals surface area contributed by atoms with Gasteiger partial charge < -0.3 is 14.7 Å². The van der Waals surface area contributed by atoms with Crippen LogP contribution in [0.5, 0.6) is 0 Å². The lowest BCUT2D eigenvalue weighted by atomic mass is 9.93. The van der Waals surface area contributed by atoms with Crippen molar-refractivity contribution in [3.8, 4) is 0 Å². The zero-order chi connectivity index (χ0) is 29.3. The van der Waals surface area contributed by atoms with Crippen molar-refractivity contribution < 1.29 is 22.4 Å². The van der Waals surface area contributed by atoms with Crippen LogP contribution in [-0.4, -0.2) is 83.1 Å². The van der Waals surface area contributed by atoms with Crippen molar-refractivity contribution in [3.63, 3.8) is 0 Å². The third kappa shape index (κ3) is 6.52. The van der Waals surface area contributed by atoms with Crippen LogP contribution in [0.1, 0.15) is 22.6 Å². The maximum absolute atomic E-state index is 14.3. The smallest absolute Gasteiger partial charge is 0.337 e. The first-order valence-corrected chi connectivity index (χ1v) is 13.8. The Bertz CT molecular complexity index is 1390. The molecule has 7 nitrogen and oxygen atoms in total. The summed E-state index contributed by atoms with van der Waals surface area (Å²) in [6.45, 7) is 3.20. The predicted octanol–water partition coefficient (Wildman–Crippen LogP) is 5.78. The number of carbonyl (C=O) groups excluding carboxylic acids is 1. The van der Waals surface area contributed by atoms with Crippen molar-refractivity contribution in [2.75, 3.05) is 51.2 Å². The average Bonchev–Trinajstić information content (AvgIpc) is 3.40. The molecule has 0 spiro atoms. The number of halogens is 6. The van der Waals surface area contributed by atoms with Crippen LogP contribution in [0.15, 0.2) is 54.9 Å². The van der Waals surface area contributed by atoms with E-state index in [0.717, 1.165) is 17.7 Å². The summed E-state index contributed by atoms with van der Waals surface area (Å²) in [6, 6.07) is 9.76. The lowest BCUT2D eigenvalue weighted by Gasteiger charge is -2.36. The zero-order valence-corrected chi connectivity index (χ0v) is 23.7. The molecule has 2 aromatic carbocycles. The van der Waals surface area contributed by atoms with Gasteiger partial charge >= 0.3 is 12.2 Å². The molecule has 0 radical (unpaired) electrons. The molecule has 5 rings (SSSR count). The Balaban J connectivity index is 1.32. The first kappa shape index (κ1) is 29.3. The molecule has 2 amide bonds. The summed E-state index contributed by atoms with van der Waals surface area (Å²) < 4.78 is 53.4. The van der Waals surface area contributed by atoms with Gasteiger partial charge in [0.2, 0.25) is 5.95 Å². The highest BCUT2D eigenvalue weighted by Crippen LogP contribution is 2.36. The van der Waals surface area contributed by atoms with E-state index in [-0.39, 0.29) is 24.5 Å². The molecule has 0 aliphatic carbocycles. The number of rotatable bonds is 5. The highest BCUT2D eigenvalue weighted by atomic mass is 35.5. The number of alkyl halides is 3. The van der Waals surface area contributed by atoms with E-state index in [2.05, 4.69) is 9.97 Å². The van der Waals surface area contributed by atoms with Crippen LogP contribution < -0.4 is 4.90 Å². The number of aromatic nitrogens is 2. The van der Waals surface area contributed by atoms with E-state index in [0.29, 0.717) is 60.8 Å². The van der Waals surface area contributed by atoms with E-state index in [1.54, 1.807) is 40.4 Å². The number of hydrogen-bond acceptors (Lipinski definition) is 5. The molecular formula is C28H28Cl2F4N6O. The van der Waals surface area contributed by atoms with Gasteiger partial charge in [0.05, 0.1) is 15.6 Å². The Morgan fingerprint density at radius 1 is 0.976 bits per heavy atom. The number of urea groups is 1. The Labute approximate surface area is 245 Å². The van der Waals surface area contributed by atoms with Gasteiger partial charge in [-0.1, -0.05) is 35.3 Å². The van der Waals surface area contributed by atoms with Crippen molar-refractivity contribution in [2.45, 2.75) is 24.7 Å². The lowest BCUT2D eigenvalue weighted by molar-refractivity contribution is -0.140. The normalized spacial score (nSPS) is 19.8. The maximum Gasteiger partial charge on any atom is 0.419 e. The lowest BCUT2D eigenvalue weighted by Crippen LogP contribution is -2.53. The van der Waals surface area contributed by atoms with Gasteiger partial charge in [-0.25, -0.2) is 19.2 Å². The molecule has 0 N–H and O–H groups in total. The number of benzene rings is 2. The van der Waals surface area contributed by atoms with Crippen LogP contribution in [0, 0.1) is 5.82 Å². The summed E-state index contributed by atoms with van der Waals surface area (Å²) in [7, 11) is 1.82. The number of hydrogen-bond donors (Lipinski definition) is 0. The second-order valence-electron chi connectivity index (χ2n) is 10.3. The van der Waals surface area contributed by atoms with Gasteiger partial charge in [0, 0.05) is 70.2 Å². The van der Waals surface area contributed by atoms with E-state index in [9.17, 15) is 22.4 Å². The van der Waals surface area contributed by atoms with Gasteiger partial charge in [-0.2, -0.15) is 13.2 Å². The SMILES string of the molecule is CN(Cc1ccc(C(F)(F)F)c(F)c1)C1CN(C(=O)N2CCN(c3ncccn3)CC2)CC1c1ccc(Cl)c(Cl)c1. The minimum absolute atomic E-state index is 0.0971. The predicted molar refractivity (Wildman–Crippen MR) is 149 cm³/mol. The molecule has 2 unspecified atom stereocenters. The Hall–Kier alpha value is -3.15. The molecule has 0 bridgehead atoms. The summed E-state index contributed by atoms with van der Waals surface area (Å²) in [5, 5.41) is 0.797. The van der Waals surface area contributed by atoms with E-state index in [1.165, 1.54) is 6.07 Å². The van der Waals surface area contributed by atoms with Crippen molar-refractivity contribution >= 4 is 35.2 Å². The van der Waals surface area contributed by atoms with Crippen LogP contribution in [0.4, 0.5) is 28.3 Å². The number of piperazine rings is 1. The van der Waals surface area contributed by atoms with Crippen LogP contribution >= 0.6 is 23.2 Å². The molecule has 2 saturated heterocycles. The molecule has 3 aromatic rings. The van der Waals surface area contributed by atoms with Gasteiger partial charge in [0.15, 0.2) is 0 Å². The Morgan fingerprint density at radius 3 is 2.32 bits per heavy atom. The summed E-state index contributed by atoms with van der Waals surface area (Å²) in [4.78, 5) is 29.8. The number of nitrogens with zero attached hydrogens (tertiary/aromatic N) is 6. The largest absolute Gasteiger partial charge is 0.419 e. The second kappa shape index (κ2) is 12.0. The fraction of sp³-hybridized carbons (Fsp3) is 0.393. The van der Waals surface area contributed by atoms with E-state index in [4.69, 9.17) is 23.2 Å². The monoisotopic (exact) mass is 610 g/mol. The first-order chi connectivity index (χ1) is 19.5. The Morgan fingerprint density at radius 2 is 1.68 bits per heavy atom. The fourth-order valence-corrected chi connectivity index (χ4v) is 5.81. The molecule has 2 aliphatic heterocycles. The minimum Gasteiger partial charge on any atom is -0.337 e. The molecule has 3 heterocycles. The summed E-state index contributed by atoms with van der Waals surface area (Å²) in [6.07, 6.45) is -1.40. The highest BCUT2D eigenvalue weighted by Gasteiger charge is 2.41. The minimum atomic E-state index is -4.76. The molecule has 1 aromatic heterocycles. The number of likely N-dealkylation sites (N-methyl/N-ethyl adjacent to an activating group) is 1. The van der Waals surface area contributed by atoms with Gasteiger partial charge in [-0.3, -0.25) is 4.90 Å². The molecule has 2 atom stereocenters. The molecule has 2 aliphatic rings. The molecule has 2 fully saturated rings. The van der Waals surface area contributed by atoms with Crippen molar-refractivity contribution in [3.05, 3.63) is 87.4 Å². The molecule has 13 heteroatoms. The van der Waals surface area contributed by atoms with Crippen LogP contribution in [0.2, 0.25) is 10.0 Å². The summed E-state index contributed by atoms with van der Waals surface area (Å²) in [5.74, 6) is -0.841. The quantitative estimate of drug-likeness (QED) is 0.343. The number of amides is 2. The Kier molecular flexibility index (Phi) is 8.58. The maximum atomic E-state index is 14.3. The summed E-state index contributed by atoms with van der Waals surface area (Å²) in [5.41, 5.74) is -0.0136. The van der Waals surface area contributed by atoms with E-state index in [1.807, 2.05) is 22.9 Å². The highest BCUT2D eigenvalue weighted by molar-refractivity contribution is 6.42. The van der Waals surface area contributed by atoms with E-state index < -0.39 is 17.6 Å². The second-order valence-corrected chi connectivity index (χ2v) is 11.1. The molecule has 218 valence electrons. The van der Waals surface area contributed by atoms with Gasteiger partial charge in [-0.05, 0) is 48.5 Å². The summed E-state index contributed by atoms with van der Waals surface area (Å²) >= 11 is 12.5. The van der Waals surface area contributed by atoms with Gasteiger partial charge in [0.25, 0.3) is 0 Å². The average molecular weight is 611 g/mol. The van der Waals surface area contributed by atoms with Crippen molar-refractivity contribution in [1.82, 2.24) is 24.7 Å². The molecular weight excluding hydrogens is 583 g/mol. The molecule has 0 saturated carbocycles. The topological polar surface area (TPSA) is 55.8 Å². The van der Waals surface area contributed by atoms with E-state index >= 15 is 0 Å². The molecule has 41 heavy (non-hydrogen) atoms. The third-order valence-corrected chi connectivity index (χ3v) is 8.39.